The van der Waals surface area contributed by atoms with Gasteiger partial charge in [0.25, 0.3) is 0 Å². The van der Waals surface area contributed by atoms with Crippen molar-refractivity contribution in [2.45, 2.75) is 12.8 Å². The van der Waals surface area contributed by atoms with E-state index in [1.807, 2.05) is 12.1 Å². The van der Waals surface area contributed by atoms with Gasteiger partial charge in [-0.05, 0) is 30.7 Å². The zero-order valence-corrected chi connectivity index (χ0v) is 12.7. The predicted octanol–water partition coefficient (Wildman–Crippen LogP) is 2.09. The molecular weight excluding hydrogens is 306 g/mol. The summed E-state index contributed by atoms with van der Waals surface area (Å²) in [5.41, 5.74) is 0.839. The lowest BCUT2D eigenvalue weighted by atomic mass is 10.1. The molecule has 0 saturated carbocycles. The lowest BCUT2D eigenvalue weighted by molar-refractivity contribution is -0.124. The Hall–Kier alpha value is -1.92. The van der Waals surface area contributed by atoms with E-state index in [-0.39, 0.29) is 11.8 Å². The highest BCUT2D eigenvalue weighted by Crippen LogP contribution is 2.18. The van der Waals surface area contributed by atoms with E-state index < -0.39 is 0 Å². The van der Waals surface area contributed by atoms with E-state index in [4.69, 9.17) is 20.9 Å². The van der Waals surface area contributed by atoms with Crippen LogP contribution in [0.4, 0.5) is 0 Å². The zero-order valence-electron chi connectivity index (χ0n) is 11.9. The summed E-state index contributed by atoms with van der Waals surface area (Å²) in [5, 5.41) is 7.45. The van der Waals surface area contributed by atoms with Gasteiger partial charge in [0.1, 0.15) is 0 Å². The number of hydrogen-bond donors (Lipinski definition) is 1. The summed E-state index contributed by atoms with van der Waals surface area (Å²) in [6.07, 6.45) is 1.28. The average molecular weight is 322 g/mol. The van der Waals surface area contributed by atoms with Crippen LogP contribution in [0.1, 0.15) is 12.3 Å². The molecule has 7 heteroatoms. The van der Waals surface area contributed by atoms with E-state index >= 15 is 0 Å². The summed E-state index contributed by atoms with van der Waals surface area (Å²) < 4.78 is 10.4. The largest absolute Gasteiger partial charge is 0.381 e. The molecule has 0 bridgehead atoms. The third-order valence-electron chi connectivity index (χ3n) is 3.51. The van der Waals surface area contributed by atoms with Crippen LogP contribution in [0, 0.1) is 5.92 Å². The molecule has 1 atom stereocenters. The standard InChI is InChI=1S/C15H16ClN3O3/c16-12-3-1-10(2-4-12)14-18-13(22-19-14)5-7-17-15(20)11-6-8-21-9-11/h1-4,11H,5-9H2,(H,17,20)/t11-/m0/s1. The number of rotatable bonds is 5. The summed E-state index contributed by atoms with van der Waals surface area (Å²) in [4.78, 5) is 16.1. The molecule has 6 nitrogen and oxygen atoms in total. The smallest absolute Gasteiger partial charge is 0.228 e. The number of amides is 1. The van der Waals surface area contributed by atoms with Crippen LogP contribution < -0.4 is 5.32 Å². The van der Waals surface area contributed by atoms with Crippen LogP contribution in [-0.4, -0.2) is 35.8 Å². The van der Waals surface area contributed by atoms with Crippen molar-refractivity contribution < 1.29 is 14.1 Å². The minimum absolute atomic E-state index is 0.0231. The molecule has 1 N–H and O–H groups in total. The normalized spacial score (nSPS) is 17.6. The third kappa shape index (κ3) is 3.64. The van der Waals surface area contributed by atoms with Crippen LogP contribution >= 0.6 is 11.6 Å². The van der Waals surface area contributed by atoms with Gasteiger partial charge in [-0.25, -0.2) is 0 Å². The van der Waals surface area contributed by atoms with Crippen molar-refractivity contribution in [3.8, 4) is 11.4 Å². The summed E-state index contributed by atoms with van der Waals surface area (Å²) in [6.45, 7) is 1.64. The summed E-state index contributed by atoms with van der Waals surface area (Å²) in [7, 11) is 0. The Morgan fingerprint density at radius 3 is 2.91 bits per heavy atom. The number of benzene rings is 1. The second-order valence-electron chi connectivity index (χ2n) is 5.12. The van der Waals surface area contributed by atoms with Crippen LogP contribution in [0.2, 0.25) is 5.02 Å². The molecule has 1 fully saturated rings. The van der Waals surface area contributed by atoms with Crippen molar-refractivity contribution in [3.05, 3.63) is 35.2 Å². The SMILES string of the molecule is O=C(NCCc1nc(-c2ccc(Cl)cc2)no1)[C@H]1CCOC1. The maximum Gasteiger partial charge on any atom is 0.228 e. The van der Waals surface area contributed by atoms with Crippen molar-refractivity contribution in [2.24, 2.45) is 5.92 Å². The highest BCUT2D eigenvalue weighted by molar-refractivity contribution is 6.30. The Labute approximate surface area is 132 Å². The van der Waals surface area contributed by atoms with E-state index in [0.717, 1.165) is 12.0 Å². The maximum atomic E-state index is 11.8. The van der Waals surface area contributed by atoms with Crippen LogP contribution in [0.5, 0.6) is 0 Å². The van der Waals surface area contributed by atoms with Crippen LogP contribution in [0.3, 0.4) is 0 Å². The highest BCUT2D eigenvalue weighted by Gasteiger charge is 2.23. The van der Waals surface area contributed by atoms with Gasteiger partial charge in [-0.3, -0.25) is 4.79 Å². The van der Waals surface area contributed by atoms with Crippen molar-refractivity contribution in [1.29, 1.82) is 0 Å². The van der Waals surface area contributed by atoms with Crippen molar-refractivity contribution in [3.63, 3.8) is 0 Å². The molecule has 1 saturated heterocycles. The van der Waals surface area contributed by atoms with E-state index in [0.29, 0.717) is 42.9 Å². The monoisotopic (exact) mass is 321 g/mol. The summed E-state index contributed by atoms with van der Waals surface area (Å²) >= 11 is 5.84. The predicted molar refractivity (Wildman–Crippen MR) is 80.4 cm³/mol. The number of ether oxygens (including phenoxy) is 1. The van der Waals surface area contributed by atoms with Gasteiger partial charge in [-0.1, -0.05) is 16.8 Å². The average Bonchev–Trinajstić information content (AvgIpc) is 3.19. The Balaban J connectivity index is 1.51. The Morgan fingerprint density at radius 1 is 1.36 bits per heavy atom. The summed E-state index contributed by atoms with van der Waals surface area (Å²) in [6, 6.07) is 7.21. The molecule has 1 amide bonds. The molecule has 0 aliphatic carbocycles. The van der Waals surface area contributed by atoms with Gasteiger partial charge in [0.05, 0.1) is 12.5 Å². The number of carbonyl (C=O) groups is 1. The van der Waals surface area contributed by atoms with Crippen molar-refractivity contribution in [2.75, 3.05) is 19.8 Å². The number of nitrogens with one attached hydrogen (secondary N) is 1. The molecule has 1 aliphatic rings. The second kappa shape index (κ2) is 6.89. The number of hydrogen-bond acceptors (Lipinski definition) is 5. The van der Waals surface area contributed by atoms with Crippen molar-refractivity contribution in [1.82, 2.24) is 15.5 Å². The first-order valence-corrected chi connectivity index (χ1v) is 7.54. The highest BCUT2D eigenvalue weighted by atomic mass is 35.5. The number of halogens is 1. The van der Waals surface area contributed by atoms with Crippen LogP contribution in [0.15, 0.2) is 28.8 Å². The third-order valence-corrected chi connectivity index (χ3v) is 3.76. The first-order chi connectivity index (χ1) is 10.7. The number of aromatic nitrogens is 2. The van der Waals surface area contributed by atoms with Gasteiger partial charge in [0.2, 0.25) is 17.6 Å². The van der Waals surface area contributed by atoms with E-state index in [2.05, 4.69) is 15.5 Å². The molecule has 0 unspecified atom stereocenters. The Kier molecular flexibility index (Phi) is 4.70. The molecular formula is C15H16ClN3O3. The van der Waals surface area contributed by atoms with Gasteiger partial charge in [0.15, 0.2) is 0 Å². The van der Waals surface area contributed by atoms with E-state index in [9.17, 15) is 4.79 Å². The van der Waals surface area contributed by atoms with Gasteiger partial charge in [-0.2, -0.15) is 4.98 Å². The fourth-order valence-electron chi connectivity index (χ4n) is 2.25. The lowest BCUT2D eigenvalue weighted by Crippen LogP contribution is -2.32. The molecule has 1 aromatic heterocycles. The first kappa shape index (κ1) is 15.0. The minimum Gasteiger partial charge on any atom is -0.381 e. The van der Waals surface area contributed by atoms with Crippen LogP contribution in [-0.2, 0) is 16.0 Å². The first-order valence-electron chi connectivity index (χ1n) is 7.16. The molecule has 3 rings (SSSR count). The van der Waals surface area contributed by atoms with Crippen molar-refractivity contribution >= 4 is 17.5 Å². The molecule has 22 heavy (non-hydrogen) atoms. The molecule has 1 aliphatic heterocycles. The van der Waals surface area contributed by atoms with E-state index in [1.54, 1.807) is 12.1 Å². The van der Waals surface area contributed by atoms with Gasteiger partial charge in [0, 0.05) is 30.2 Å². The molecule has 2 aromatic rings. The molecule has 2 heterocycles. The molecule has 1 aromatic carbocycles. The molecule has 0 spiro atoms. The van der Waals surface area contributed by atoms with Gasteiger partial charge >= 0.3 is 0 Å². The fourth-order valence-corrected chi connectivity index (χ4v) is 2.38. The maximum absolute atomic E-state index is 11.8. The number of nitrogens with zero attached hydrogens (tertiary/aromatic N) is 2. The molecule has 0 radical (unpaired) electrons. The van der Waals surface area contributed by atoms with Gasteiger partial charge in [-0.15, -0.1) is 0 Å². The van der Waals surface area contributed by atoms with E-state index in [1.165, 1.54) is 0 Å². The second-order valence-corrected chi connectivity index (χ2v) is 5.56. The summed E-state index contributed by atoms with van der Waals surface area (Å²) in [5.74, 6) is 0.998. The lowest BCUT2D eigenvalue weighted by Gasteiger charge is -2.07. The van der Waals surface area contributed by atoms with Crippen LogP contribution in [0.25, 0.3) is 11.4 Å². The fraction of sp³-hybridized carbons (Fsp3) is 0.400. The number of carbonyl (C=O) groups excluding carboxylic acids is 1. The van der Waals surface area contributed by atoms with Gasteiger partial charge < -0.3 is 14.6 Å². The topological polar surface area (TPSA) is 77.3 Å². The minimum atomic E-state index is -0.0349. The Morgan fingerprint density at radius 2 is 2.18 bits per heavy atom. The quantitative estimate of drug-likeness (QED) is 0.912. The molecule has 116 valence electrons. The zero-order chi connectivity index (χ0) is 15.4. The Bertz CT molecular complexity index is 636.